The van der Waals surface area contributed by atoms with Gasteiger partial charge in [0.1, 0.15) is 12.1 Å². The normalized spacial score (nSPS) is 11.5. The van der Waals surface area contributed by atoms with Crippen LogP contribution in [-0.2, 0) is 14.4 Å². The lowest BCUT2D eigenvalue weighted by Gasteiger charge is -2.06. The molecule has 0 spiro atoms. The highest BCUT2D eigenvalue weighted by Gasteiger charge is 2.10. The number of nitrogens with one attached hydrogen (secondary N) is 2. The molecule has 0 aliphatic rings. The predicted octanol–water partition coefficient (Wildman–Crippen LogP) is -2.16. The van der Waals surface area contributed by atoms with Gasteiger partial charge in [-0.25, -0.2) is 0 Å². The lowest BCUT2D eigenvalue weighted by molar-refractivity contribution is -0.139. The molecule has 2 atom stereocenters. The van der Waals surface area contributed by atoms with Crippen LogP contribution in [0.3, 0.4) is 0 Å². The van der Waals surface area contributed by atoms with Crippen LogP contribution in [0.2, 0.25) is 0 Å². The lowest BCUT2D eigenvalue weighted by atomic mass is 10.2. The molecule has 0 aromatic carbocycles. The van der Waals surface area contributed by atoms with E-state index in [1.165, 1.54) is 0 Å². The van der Waals surface area contributed by atoms with Crippen molar-refractivity contribution in [2.75, 3.05) is 25.1 Å². The van der Waals surface area contributed by atoms with E-state index in [2.05, 4.69) is 11.1 Å². The van der Waals surface area contributed by atoms with Crippen molar-refractivity contribution in [3.8, 4) is 0 Å². The summed E-state index contributed by atoms with van der Waals surface area (Å²) in [6.45, 7) is 0.205. The molecule has 0 saturated heterocycles. The minimum Gasteiger partial charge on any atom is -0.480 e. The highest BCUT2D eigenvalue weighted by atomic mass is 32.2. The maximum atomic E-state index is 10.2. The number of hydrogen-bond acceptors (Lipinski definition) is 8. The van der Waals surface area contributed by atoms with Crippen molar-refractivity contribution < 1.29 is 29.7 Å². The highest BCUT2D eigenvalue weighted by Crippen LogP contribution is 1.97. The van der Waals surface area contributed by atoms with Gasteiger partial charge in [0.2, 0.25) is 0 Å². The van der Waals surface area contributed by atoms with Crippen molar-refractivity contribution in [2.45, 2.75) is 31.3 Å². The number of carboxylic acids is 3. The number of hydrogen-bond donors (Lipinski definition) is 9. The summed E-state index contributed by atoms with van der Waals surface area (Å²) < 4.78 is 0. The van der Waals surface area contributed by atoms with Crippen molar-refractivity contribution in [3.05, 3.63) is 0 Å². The topological polar surface area (TPSA) is 252 Å². The van der Waals surface area contributed by atoms with Crippen LogP contribution in [0.1, 0.15) is 19.3 Å². The van der Waals surface area contributed by atoms with Gasteiger partial charge in [0, 0.05) is 6.54 Å². The first kappa shape index (κ1) is 28.7. The Morgan fingerprint density at radius 3 is 1.81 bits per heavy atom. The Kier molecular flexibility index (Phi) is 21.2. The number of thioether (sulfide) groups is 1. The Hall–Kier alpha value is -2.09. The molecule has 2 unspecified atom stereocenters. The average molecular weight is 398 g/mol. The van der Waals surface area contributed by atoms with Gasteiger partial charge in [-0.1, -0.05) is 0 Å². The molecule has 26 heavy (non-hydrogen) atoms. The zero-order valence-corrected chi connectivity index (χ0v) is 15.5. The number of guanidine groups is 1. The third-order valence-corrected chi connectivity index (χ3v) is 3.09. The third kappa shape index (κ3) is 26.8. The van der Waals surface area contributed by atoms with Crippen molar-refractivity contribution in [1.29, 1.82) is 5.41 Å². The summed E-state index contributed by atoms with van der Waals surface area (Å²) in [6, 6.07) is -1.50. The second-order valence-electron chi connectivity index (χ2n) is 4.75. The van der Waals surface area contributed by atoms with E-state index < -0.39 is 30.0 Å². The third-order valence-electron chi connectivity index (χ3n) is 2.45. The molecule has 0 radical (unpaired) electrons. The SMILES string of the molecule is CSCCC(N)C(=O)O.N=C(N)NCCCC(N)C(=O)O.NCC(=O)O. The maximum Gasteiger partial charge on any atom is 0.320 e. The van der Waals surface area contributed by atoms with E-state index in [4.69, 9.17) is 37.9 Å². The van der Waals surface area contributed by atoms with Crippen LogP contribution in [0.4, 0.5) is 0 Å². The Labute approximate surface area is 156 Å². The van der Waals surface area contributed by atoms with E-state index in [0.717, 1.165) is 5.75 Å². The van der Waals surface area contributed by atoms with Gasteiger partial charge in [0.25, 0.3) is 0 Å². The van der Waals surface area contributed by atoms with Gasteiger partial charge in [-0.15, -0.1) is 0 Å². The van der Waals surface area contributed by atoms with Gasteiger partial charge in [0.05, 0.1) is 6.54 Å². The summed E-state index contributed by atoms with van der Waals surface area (Å²) in [5.74, 6) is -2.18. The van der Waals surface area contributed by atoms with E-state index >= 15 is 0 Å². The molecule has 0 rings (SSSR count). The number of rotatable bonds is 10. The molecular formula is C13H30N6O6S. The van der Waals surface area contributed by atoms with E-state index in [1.54, 1.807) is 11.8 Å². The molecule has 0 amide bonds. The monoisotopic (exact) mass is 398 g/mol. The van der Waals surface area contributed by atoms with Crippen molar-refractivity contribution >= 4 is 35.6 Å². The zero-order chi connectivity index (χ0) is 21.1. The van der Waals surface area contributed by atoms with Gasteiger partial charge >= 0.3 is 17.9 Å². The first-order chi connectivity index (χ1) is 12.0. The van der Waals surface area contributed by atoms with Crippen molar-refractivity contribution in [2.24, 2.45) is 22.9 Å². The maximum absolute atomic E-state index is 10.2. The van der Waals surface area contributed by atoms with E-state index in [1.807, 2.05) is 6.26 Å². The molecule has 0 fully saturated rings. The highest BCUT2D eigenvalue weighted by molar-refractivity contribution is 7.98. The number of aliphatic carboxylic acids is 3. The second-order valence-corrected chi connectivity index (χ2v) is 5.74. The van der Waals surface area contributed by atoms with E-state index in [-0.39, 0.29) is 12.5 Å². The Balaban J connectivity index is -0.000000333. The summed E-state index contributed by atoms with van der Waals surface area (Å²) in [4.78, 5) is 29.5. The molecular weight excluding hydrogens is 368 g/mol. The summed E-state index contributed by atoms with van der Waals surface area (Å²) in [5.41, 5.74) is 20.0. The molecule has 0 heterocycles. The number of carboxylic acid groups (broad SMARTS) is 3. The van der Waals surface area contributed by atoms with Gasteiger partial charge < -0.3 is 43.6 Å². The van der Waals surface area contributed by atoms with Crippen LogP contribution in [0.25, 0.3) is 0 Å². The largest absolute Gasteiger partial charge is 0.480 e. The Bertz CT molecular complexity index is 426. The first-order valence-corrected chi connectivity index (χ1v) is 8.84. The molecule has 0 aromatic heterocycles. The predicted molar refractivity (Wildman–Crippen MR) is 100 cm³/mol. The molecule has 0 saturated carbocycles. The minimum absolute atomic E-state index is 0.112. The van der Waals surface area contributed by atoms with E-state index in [0.29, 0.717) is 25.8 Å². The van der Waals surface area contributed by atoms with Gasteiger partial charge in [-0.05, 0) is 31.3 Å². The van der Waals surface area contributed by atoms with Crippen molar-refractivity contribution in [1.82, 2.24) is 5.32 Å². The van der Waals surface area contributed by atoms with E-state index in [9.17, 15) is 14.4 Å². The lowest BCUT2D eigenvalue weighted by Crippen LogP contribution is -2.34. The van der Waals surface area contributed by atoms with Crippen LogP contribution in [0.5, 0.6) is 0 Å². The van der Waals surface area contributed by atoms with Crippen LogP contribution < -0.4 is 28.3 Å². The van der Waals surface area contributed by atoms with Crippen LogP contribution in [0.15, 0.2) is 0 Å². The summed E-state index contributed by atoms with van der Waals surface area (Å²) in [5, 5.41) is 33.6. The van der Waals surface area contributed by atoms with Gasteiger partial charge in [0.15, 0.2) is 5.96 Å². The molecule has 0 aromatic rings. The Morgan fingerprint density at radius 1 is 1.08 bits per heavy atom. The molecule has 0 bridgehead atoms. The van der Waals surface area contributed by atoms with Crippen LogP contribution >= 0.6 is 11.8 Å². The summed E-state index contributed by atoms with van der Waals surface area (Å²) >= 11 is 1.60. The molecule has 12 nitrogen and oxygen atoms in total. The molecule has 13 heteroatoms. The Morgan fingerprint density at radius 2 is 1.50 bits per heavy atom. The second kappa shape index (κ2) is 19.2. The molecule has 0 aliphatic heterocycles. The number of nitrogens with two attached hydrogens (primary N) is 4. The summed E-state index contributed by atoms with van der Waals surface area (Å²) in [6.07, 6.45) is 3.45. The fraction of sp³-hybridized carbons (Fsp3) is 0.692. The van der Waals surface area contributed by atoms with Gasteiger partial charge in [-0.2, -0.15) is 11.8 Å². The first-order valence-electron chi connectivity index (χ1n) is 7.44. The van der Waals surface area contributed by atoms with Crippen LogP contribution in [-0.4, -0.2) is 76.4 Å². The molecule has 0 aliphatic carbocycles. The van der Waals surface area contributed by atoms with Gasteiger partial charge in [-0.3, -0.25) is 19.8 Å². The molecule has 154 valence electrons. The average Bonchev–Trinajstić information content (AvgIpc) is 2.56. The van der Waals surface area contributed by atoms with Crippen LogP contribution in [0, 0.1) is 5.41 Å². The number of carbonyl (C=O) groups is 3. The zero-order valence-electron chi connectivity index (χ0n) is 14.7. The minimum atomic E-state index is -1.00. The van der Waals surface area contributed by atoms with Crippen molar-refractivity contribution in [3.63, 3.8) is 0 Å². The smallest absolute Gasteiger partial charge is 0.320 e. The summed E-state index contributed by atoms with van der Waals surface area (Å²) in [7, 11) is 0. The quantitative estimate of drug-likeness (QED) is 0.108. The fourth-order valence-corrected chi connectivity index (χ4v) is 1.53. The molecule has 13 N–H and O–H groups in total. The standard InChI is InChI=1S/C6H14N4O2.C5H11NO2S.C2H5NO2/c7-4(5(11)12)2-1-3-10-6(8)9;1-9-3-2-4(6)5(7)8;3-1-2(4)5/h4H,1-3,7H2,(H,11,12)(H4,8,9,10);4H,2-3,6H2,1H3,(H,7,8);1,3H2,(H,4,5). The fourth-order valence-electron chi connectivity index (χ4n) is 1.04.